The van der Waals surface area contributed by atoms with Gasteiger partial charge in [0.25, 0.3) is 5.91 Å². The number of anilines is 1. The van der Waals surface area contributed by atoms with E-state index in [-0.39, 0.29) is 0 Å². The molecule has 6 rings (SSSR count). The van der Waals surface area contributed by atoms with Crippen molar-refractivity contribution in [2.45, 2.75) is 44.4 Å². The van der Waals surface area contributed by atoms with Crippen molar-refractivity contribution in [2.75, 3.05) is 18.1 Å². The van der Waals surface area contributed by atoms with Gasteiger partial charge in [0.15, 0.2) is 5.66 Å². The normalized spacial score (nSPS) is 29.6. The molecule has 3 heterocycles. The van der Waals surface area contributed by atoms with Gasteiger partial charge in [-0.2, -0.15) is 5.43 Å². The molecule has 1 aliphatic carbocycles. The fraction of sp³-hybridized carbons (Fsp3) is 0.423. The smallest absolute Gasteiger partial charge is 0.259 e. The molecule has 0 spiro atoms. The Balaban J connectivity index is 1.61. The SMILES string of the molecule is CC1(C)Oc2ccccc2C2=C1C(C(N)=O)(N1CC3CCCC3C1)NN2c1ccc(Cl)cc1Cl. The summed E-state index contributed by atoms with van der Waals surface area (Å²) in [6.45, 7) is 5.64. The second-order valence-electron chi connectivity index (χ2n) is 10.3. The summed E-state index contributed by atoms with van der Waals surface area (Å²) in [6.07, 6.45) is 3.64. The molecule has 1 saturated heterocycles. The number of nitrogens with two attached hydrogens (primary N) is 1. The molecule has 3 unspecified atom stereocenters. The first-order chi connectivity index (χ1) is 16.2. The van der Waals surface area contributed by atoms with Crippen LogP contribution in [0.3, 0.4) is 0 Å². The zero-order valence-corrected chi connectivity index (χ0v) is 20.8. The molecule has 178 valence electrons. The number of hydrazine groups is 1. The molecule has 0 radical (unpaired) electrons. The number of carbonyl (C=O) groups is 1. The van der Waals surface area contributed by atoms with Crippen LogP contribution in [-0.2, 0) is 4.79 Å². The van der Waals surface area contributed by atoms with Crippen molar-refractivity contribution in [1.82, 2.24) is 10.3 Å². The van der Waals surface area contributed by atoms with Gasteiger partial charge in [-0.1, -0.05) is 41.8 Å². The lowest BCUT2D eigenvalue weighted by Gasteiger charge is -2.44. The van der Waals surface area contributed by atoms with Crippen molar-refractivity contribution in [2.24, 2.45) is 17.6 Å². The lowest BCUT2D eigenvalue weighted by atomic mass is 9.81. The molecule has 1 amide bonds. The third-order valence-electron chi connectivity index (χ3n) is 7.91. The molecule has 2 aromatic carbocycles. The van der Waals surface area contributed by atoms with Crippen molar-refractivity contribution in [1.29, 1.82) is 0 Å². The number of halogens is 2. The minimum Gasteiger partial charge on any atom is -0.483 e. The second-order valence-corrected chi connectivity index (χ2v) is 11.1. The minimum atomic E-state index is -1.24. The standard InChI is InChI=1S/C26H28Cl2N4O2/c1-25(2)23-22(18-8-3-4-9-21(18)34-25)32(20-11-10-17(27)12-19(20)28)30-26(23,24(29)33)31-13-15-6-5-7-16(15)14-31/h3-4,8-12,15-16,30H,5-7,13-14H2,1-2H3,(H2,29,33). The van der Waals surface area contributed by atoms with Crippen LogP contribution in [0, 0.1) is 11.8 Å². The van der Waals surface area contributed by atoms with E-state index in [9.17, 15) is 4.79 Å². The van der Waals surface area contributed by atoms with Crippen molar-refractivity contribution in [3.05, 3.63) is 63.6 Å². The van der Waals surface area contributed by atoms with E-state index in [4.69, 9.17) is 33.7 Å². The number of likely N-dealkylation sites (tertiary alicyclic amines) is 1. The van der Waals surface area contributed by atoms with Gasteiger partial charge in [-0.3, -0.25) is 14.7 Å². The number of fused-ring (bicyclic) bond motifs is 3. The summed E-state index contributed by atoms with van der Waals surface area (Å²) >= 11 is 12.9. The highest BCUT2D eigenvalue weighted by molar-refractivity contribution is 6.36. The Kier molecular flexibility index (Phi) is 4.98. The van der Waals surface area contributed by atoms with Crippen molar-refractivity contribution >= 4 is 40.5 Å². The summed E-state index contributed by atoms with van der Waals surface area (Å²) in [7, 11) is 0. The number of nitrogens with zero attached hydrogens (tertiary/aromatic N) is 2. The molecule has 6 nitrogen and oxygen atoms in total. The Labute approximate surface area is 209 Å². The number of amides is 1. The highest BCUT2D eigenvalue weighted by Gasteiger charge is 2.62. The van der Waals surface area contributed by atoms with Gasteiger partial charge >= 0.3 is 0 Å². The first-order valence-electron chi connectivity index (χ1n) is 11.8. The Morgan fingerprint density at radius 1 is 1.12 bits per heavy atom. The summed E-state index contributed by atoms with van der Waals surface area (Å²) in [4.78, 5) is 15.8. The van der Waals surface area contributed by atoms with E-state index in [2.05, 4.69) is 10.3 Å². The Morgan fingerprint density at radius 2 is 1.82 bits per heavy atom. The van der Waals surface area contributed by atoms with E-state index < -0.39 is 17.2 Å². The highest BCUT2D eigenvalue weighted by atomic mass is 35.5. The maximum absolute atomic E-state index is 13.5. The van der Waals surface area contributed by atoms with Gasteiger partial charge in [-0.25, -0.2) is 0 Å². The van der Waals surface area contributed by atoms with Crippen LogP contribution in [0.4, 0.5) is 5.69 Å². The van der Waals surface area contributed by atoms with Gasteiger partial charge in [-0.15, -0.1) is 0 Å². The molecule has 0 aromatic heterocycles. The molecule has 3 aliphatic heterocycles. The number of hydrogen-bond acceptors (Lipinski definition) is 5. The van der Waals surface area contributed by atoms with Crippen LogP contribution in [0.15, 0.2) is 48.0 Å². The van der Waals surface area contributed by atoms with Crippen LogP contribution in [0.1, 0.15) is 38.7 Å². The van der Waals surface area contributed by atoms with Crippen molar-refractivity contribution < 1.29 is 9.53 Å². The maximum atomic E-state index is 13.5. The number of benzene rings is 2. The number of primary amides is 1. The maximum Gasteiger partial charge on any atom is 0.259 e. The number of hydrogen-bond donors (Lipinski definition) is 2. The lowest BCUT2D eigenvalue weighted by Crippen LogP contribution is -2.69. The molecule has 2 aromatic rings. The quantitative estimate of drug-likeness (QED) is 0.634. The topological polar surface area (TPSA) is 70.8 Å². The van der Waals surface area contributed by atoms with E-state index in [1.807, 2.05) is 49.2 Å². The van der Waals surface area contributed by atoms with Gasteiger partial charge in [0, 0.05) is 29.2 Å². The van der Waals surface area contributed by atoms with Crippen LogP contribution < -0.4 is 20.9 Å². The lowest BCUT2D eigenvalue weighted by molar-refractivity contribution is -0.130. The average Bonchev–Trinajstić information content (AvgIpc) is 3.46. The average molecular weight is 499 g/mol. The van der Waals surface area contributed by atoms with E-state index in [0.29, 0.717) is 27.6 Å². The molecule has 4 aliphatic rings. The molecule has 3 N–H and O–H groups in total. The third-order valence-corrected chi connectivity index (χ3v) is 8.45. The van der Waals surface area contributed by atoms with Crippen molar-refractivity contribution in [3.8, 4) is 5.75 Å². The Morgan fingerprint density at radius 3 is 2.50 bits per heavy atom. The van der Waals surface area contributed by atoms with Crippen LogP contribution in [-0.4, -0.2) is 35.2 Å². The van der Waals surface area contributed by atoms with Crippen LogP contribution in [0.2, 0.25) is 10.0 Å². The fourth-order valence-electron chi connectivity index (χ4n) is 6.53. The zero-order chi connectivity index (χ0) is 23.8. The molecule has 1 saturated carbocycles. The highest BCUT2D eigenvalue weighted by Crippen LogP contribution is 2.54. The summed E-state index contributed by atoms with van der Waals surface area (Å²) in [5.74, 6) is 1.47. The van der Waals surface area contributed by atoms with Gasteiger partial charge < -0.3 is 10.5 Å². The first-order valence-corrected chi connectivity index (χ1v) is 12.6. The molecular formula is C26H28Cl2N4O2. The predicted molar refractivity (Wildman–Crippen MR) is 134 cm³/mol. The van der Waals surface area contributed by atoms with Crippen LogP contribution >= 0.6 is 23.2 Å². The first kappa shape index (κ1) is 22.2. The van der Waals surface area contributed by atoms with E-state index >= 15 is 0 Å². The van der Waals surface area contributed by atoms with Crippen LogP contribution in [0.5, 0.6) is 5.75 Å². The molecule has 8 heteroatoms. The van der Waals surface area contributed by atoms with Gasteiger partial charge in [0.2, 0.25) is 0 Å². The van der Waals surface area contributed by atoms with E-state index in [0.717, 1.165) is 35.7 Å². The number of para-hydroxylation sites is 1. The largest absolute Gasteiger partial charge is 0.483 e. The molecule has 2 fully saturated rings. The van der Waals surface area contributed by atoms with Gasteiger partial charge in [0.05, 0.1) is 16.4 Å². The molecule has 3 atom stereocenters. The number of rotatable bonds is 3. The Hall–Kier alpha value is -2.25. The third kappa shape index (κ3) is 3.05. The van der Waals surface area contributed by atoms with Crippen molar-refractivity contribution in [3.63, 3.8) is 0 Å². The van der Waals surface area contributed by atoms with Gasteiger partial charge in [-0.05, 0) is 68.9 Å². The molecule has 0 bridgehead atoms. The van der Waals surface area contributed by atoms with E-state index in [1.165, 1.54) is 19.3 Å². The summed E-state index contributed by atoms with van der Waals surface area (Å²) in [5.41, 5.74) is 11.1. The summed E-state index contributed by atoms with van der Waals surface area (Å²) in [5, 5.41) is 2.94. The van der Waals surface area contributed by atoms with Gasteiger partial charge in [0.1, 0.15) is 11.4 Å². The fourth-order valence-corrected chi connectivity index (χ4v) is 7.02. The second kappa shape index (κ2) is 7.62. The molecule has 34 heavy (non-hydrogen) atoms. The number of nitrogens with one attached hydrogen (secondary N) is 1. The number of ether oxygens (including phenoxy) is 1. The monoisotopic (exact) mass is 498 g/mol. The van der Waals surface area contributed by atoms with E-state index in [1.54, 1.807) is 12.1 Å². The summed E-state index contributed by atoms with van der Waals surface area (Å²) in [6, 6.07) is 13.2. The van der Waals surface area contributed by atoms with Crippen LogP contribution in [0.25, 0.3) is 5.70 Å². The predicted octanol–water partition coefficient (Wildman–Crippen LogP) is 4.81. The zero-order valence-electron chi connectivity index (χ0n) is 19.3. The summed E-state index contributed by atoms with van der Waals surface area (Å²) < 4.78 is 6.51. The molecular weight excluding hydrogens is 471 g/mol. The minimum absolute atomic E-state index is 0.441. The Bertz CT molecular complexity index is 1220. The number of carbonyl (C=O) groups excluding carboxylic acids is 1.